The summed E-state index contributed by atoms with van der Waals surface area (Å²) in [6, 6.07) is 15.4. The fourth-order valence-corrected chi connectivity index (χ4v) is 7.44. The largest absolute Gasteiger partial charge is 0.497 e. The molecule has 0 aromatic heterocycles. The molecule has 1 saturated carbocycles. The second-order valence-corrected chi connectivity index (χ2v) is 13.6. The summed E-state index contributed by atoms with van der Waals surface area (Å²) in [5, 5.41) is 13.6. The van der Waals surface area contributed by atoms with Crippen LogP contribution < -0.4 is 10.1 Å². The van der Waals surface area contributed by atoms with Crippen LogP contribution in [-0.4, -0.2) is 75.6 Å². The van der Waals surface area contributed by atoms with Gasteiger partial charge in [-0.15, -0.1) is 0 Å². The lowest BCUT2D eigenvalue weighted by Crippen LogP contribution is -2.52. The molecule has 1 fully saturated rings. The van der Waals surface area contributed by atoms with E-state index in [2.05, 4.69) is 12.2 Å². The molecular weight excluding hydrogens is 556 g/mol. The second kappa shape index (κ2) is 15.7. The van der Waals surface area contributed by atoms with E-state index in [1.165, 1.54) is 30.7 Å². The molecule has 1 amide bonds. The lowest BCUT2D eigenvalue weighted by atomic mass is 9.89. The summed E-state index contributed by atoms with van der Waals surface area (Å²) >= 11 is 0. The topological polar surface area (TPSA) is 114 Å². The van der Waals surface area contributed by atoms with Crippen molar-refractivity contribution in [3.8, 4) is 5.75 Å². The minimum Gasteiger partial charge on any atom is -0.497 e. The van der Waals surface area contributed by atoms with Gasteiger partial charge in [-0.25, -0.2) is 13.2 Å². The van der Waals surface area contributed by atoms with Gasteiger partial charge in [-0.1, -0.05) is 58.0 Å². The number of rotatable bonds is 15. The molecule has 0 saturated heterocycles. The van der Waals surface area contributed by atoms with E-state index in [0.717, 1.165) is 12.0 Å². The molecule has 42 heavy (non-hydrogen) atoms. The number of benzene rings is 2. The fourth-order valence-electron chi connectivity index (χ4n) is 5.82. The number of amides is 1. The standard InChI is InChI=1S/C32H48N2O7S/c1-7-28(35)31-23(4)13-18-29(31)41-32(36)33-27(19-24-11-9-8-10-12-24)30(40-6)21-34(20-22(2)3)42(37,38)26-16-14-25(39-5)15-17-26/h8-12,14-17,22-23,27-31,35H,7,13,18-21H2,1-6H3,(H,33,36). The number of nitrogens with one attached hydrogen (secondary N) is 1. The van der Waals surface area contributed by atoms with Crippen molar-refractivity contribution in [1.29, 1.82) is 0 Å². The van der Waals surface area contributed by atoms with Gasteiger partial charge in [-0.3, -0.25) is 0 Å². The zero-order valence-corrected chi connectivity index (χ0v) is 26.5. The summed E-state index contributed by atoms with van der Waals surface area (Å²) in [6.45, 7) is 8.22. The van der Waals surface area contributed by atoms with E-state index < -0.39 is 34.4 Å². The van der Waals surface area contributed by atoms with Crippen LogP contribution >= 0.6 is 0 Å². The molecule has 10 heteroatoms. The van der Waals surface area contributed by atoms with Crippen LogP contribution in [0.1, 0.15) is 52.5 Å². The average Bonchev–Trinajstić information content (AvgIpc) is 3.33. The number of carbonyl (C=O) groups excluding carboxylic acids is 1. The SMILES string of the molecule is CCC(O)C1C(C)CCC1OC(=O)NC(Cc1ccccc1)C(CN(CC(C)C)S(=O)(=O)c1ccc(OC)cc1)OC. The lowest BCUT2D eigenvalue weighted by molar-refractivity contribution is -0.00352. The molecule has 2 aromatic rings. The van der Waals surface area contributed by atoms with Gasteiger partial charge < -0.3 is 24.6 Å². The zero-order valence-electron chi connectivity index (χ0n) is 25.7. The molecule has 234 valence electrons. The van der Waals surface area contributed by atoms with E-state index >= 15 is 0 Å². The number of sulfonamides is 1. The number of alkyl carbamates (subject to hydrolysis) is 1. The van der Waals surface area contributed by atoms with Crippen molar-refractivity contribution in [3.63, 3.8) is 0 Å². The molecule has 0 aliphatic heterocycles. The van der Waals surface area contributed by atoms with Crippen LogP contribution in [0.2, 0.25) is 0 Å². The van der Waals surface area contributed by atoms with E-state index in [1.807, 2.05) is 51.1 Å². The number of nitrogens with zero attached hydrogens (tertiary/aromatic N) is 1. The third-order valence-corrected chi connectivity index (χ3v) is 9.96. The van der Waals surface area contributed by atoms with Crippen molar-refractivity contribution in [3.05, 3.63) is 60.2 Å². The molecule has 6 unspecified atom stereocenters. The highest BCUT2D eigenvalue weighted by atomic mass is 32.2. The first-order chi connectivity index (χ1) is 20.0. The minimum atomic E-state index is -3.88. The number of aliphatic hydroxyl groups excluding tert-OH is 1. The first kappa shape index (κ1) is 33.8. The van der Waals surface area contributed by atoms with E-state index in [-0.39, 0.29) is 41.8 Å². The molecule has 2 N–H and O–H groups in total. The Labute approximate surface area is 251 Å². The van der Waals surface area contributed by atoms with Gasteiger partial charge in [0.1, 0.15) is 11.9 Å². The van der Waals surface area contributed by atoms with Crippen LogP contribution in [0.25, 0.3) is 0 Å². The first-order valence-corrected chi connectivity index (χ1v) is 16.3. The van der Waals surface area contributed by atoms with E-state index in [0.29, 0.717) is 25.0 Å². The molecular formula is C32H48N2O7S. The van der Waals surface area contributed by atoms with E-state index in [4.69, 9.17) is 14.2 Å². The van der Waals surface area contributed by atoms with E-state index in [1.54, 1.807) is 12.1 Å². The van der Waals surface area contributed by atoms with Crippen LogP contribution in [0.3, 0.4) is 0 Å². The number of methoxy groups -OCH3 is 2. The zero-order chi connectivity index (χ0) is 30.9. The smallest absolute Gasteiger partial charge is 0.407 e. The Morgan fingerprint density at radius 1 is 1.05 bits per heavy atom. The van der Waals surface area contributed by atoms with Crippen LogP contribution in [0, 0.1) is 17.8 Å². The third kappa shape index (κ3) is 8.92. The third-order valence-electron chi connectivity index (χ3n) is 8.12. The van der Waals surface area contributed by atoms with Gasteiger partial charge in [-0.05, 0) is 67.3 Å². The van der Waals surface area contributed by atoms with Gasteiger partial charge in [0.15, 0.2) is 0 Å². The Bertz CT molecular complexity index is 1210. The van der Waals surface area contributed by atoms with Gasteiger partial charge in [0.05, 0.1) is 30.3 Å². The molecule has 3 rings (SSSR count). The second-order valence-electron chi connectivity index (χ2n) is 11.7. The monoisotopic (exact) mass is 604 g/mol. The maximum atomic E-state index is 13.8. The van der Waals surface area contributed by atoms with Crippen LogP contribution in [0.5, 0.6) is 5.75 Å². The maximum absolute atomic E-state index is 13.8. The van der Waals surface area contributed by atoms with Crippen LogP contribution in [-0.2, 0) is 25.9 Å². The number of hydrogen-bond donors (Lipinski definition) is 2. The van der Waals surface area contributed by atoms with Crippen molar-refractivity contribution >= 4 is 16.1 Å². The Hall–Kier alpha value is -2.66. The summed E-state index contributed by atoms with van der Waals surface area (Å²) in [4.78, 5) is 13.5. The molecule has 1 aliphatic carbocycles. The van der Waals surface area contributed by atoms with Crippen molar-refractivity contribution < 1.29 is 32.5 Å². The number of aliphatic hydroxyl groups is 1. The minimum absolute atomic E-state index is 0.0262. The van der Waals surface area contributed by atoms with Crippen molar-refractivity contribution in [2.75, 3.05) is 27.3 Å². The average molecular weight is 605 g/mol. The quantitative estimate of drug-likeness (QED) is 0.298. The fraction of sp³-hybridized carbons (Fsp3) is 0.594. The van der Waals surface area contributed by atoms with Gasteiger partial charge >= 0.3 is 6.09 Å². The van der Waals surface area contributed by atoms with E-state index in [9.17, 15) is 18.3 Å². The van der Waals surface area contributed by atoms with Crippen molar-refractivity contribution in [2.24, 2.45) is 17.8 Å². The summed E-state index contributed by atoms with van der Waals surface area (Å²) in [6.07, 6.45) is 0.363. The molecule has 0 radical (unpaired) electrons. The Balaban J connectivity index is 1.86. The molecule has 0 bridgehead atoms. The van der Waals surface area contributed by atoms with Crippen LogP contribution in [0.4, 0.5) is 4.79 Å². The highest BCUT2D eigenvalue weighted by molar-refractivity contribution is 7.89. The number of carbonyl (C=O) groups is 1. The Kier molecular flexibility index (Phi) is 12.7. The summed E-state index contributed by atoms with van der Waals surface area (Å²) < 4.78 is 46.0. The lowest BCUT2D eigenvalue weighted by Gasteiger charge is -2.33. The molecule has 0 spiro atoms. The molecule has 0 heterocycles. The predicted molar refractivity (Wildman–Crippen MR) is 163 cm³/mol. The Morgan fingerprint density at radius 3 is 2.29 bits per heavy atom. The summed E-state index contributed by atoms with van der Waals surface area (Å²) in [7, 11) is -0.827. The number of ether oxygens (including phenoxy) is 3. The highest BCUT2D eigenvalue weighted by Crippen LogP contribution is 2.37. The van der Waals surface area contributed by atoms with Gasteiger partial charge in [0, 0.05) is 26.1 Å². The maximum Gasteiger partial charge on any atom is 0.407 e. The predicted octanol–water partition coefficient (Wildman–Crippen LogP) is 4.88. The van der Waals surface area contributed by atoms with Gasteiger partial charge in [0.2, 0.25) is 10.0 Å². The molecule has 1 aliphatic rings. The Morgan fingerprint density at radius 2 is 1.71 bits per heavy atom. The first-order valence-electron chi connectivity index (χ1n) is 14.9. The highest BCUT2D eigenvalue weighted by Gasteiger charge is 2.40. The molecule has 6 atom stereocenters. The van der Waals surface area contributed by atoms with Gasteiger partial charge in [0.25, 0.3) is 0 Å². The molecule has 2 aromatic carbocycles. The normalized spacial score (nSPS) is 21.2. The van der Waals surface area contributed by atoms with Crippen LogP contribution in [0.15, 0.2) is 59.5 Å². The van der Waals surface area contributed by atoms with Gasteiger partial charge in [-0.2, -0.15) is 4.31 Å². The van der Waals surface area contributed by atoms with Crippen molar-refractivity contribution in [2.45, 2.75) is 82.6 Å². The van der Waals surface area contributed by atoms with Crippen molar-refractivity contribution in [1.82, 2.24) is 9.62 Å². The summed E-state index contributed by atoms with van der Waals surface area (Å²) in [5.74, 6) is 0.738. The molecule has 9 nitrogen and oxygen atoms in total. The number of hydrogen-bond acceptors (Lipinski definition) is 7. The summed E-state index contributed by atoms with van der Waals surface area (Å²) in [5.41, 5.74) is 0.965.